The molecule has 1 unspecified atom stereocenters. The maximum absolute atomic E-state index is 3.68. The van der Waals surface area contributed by atoms with Crippen molar-refractivity contribution in [2.45, 2.75) is 64.8 Å². The fourth-order valence-electron chi connectivity index (χ4n) is 1.89. The van der Waals surface area contributed by atoms with Gasteiger partial charge < -0.3 is 5.32 Å². The number of hydrogen-bond donors (Lipinski definition) is 1. The van der Waals surface area contributed by atoms with E-state index in [2.05, 4.69) is 19.2 Å². The molecule has 0 spiro atoms. The van der Waals surface area contributed by atoms with Crippen LogP contribution in [0.4, 0.5) is 0 Å². The molecular formula is C12H25N. The van der Waals surface area contributed by atoms with Gasteiger partial charge >= 0.3 is 0 Å². The normalized spacial score (nSPS) is 19.8. The Morgan fingerprint density at radius 2 is 2.08 bits per heavy atom. The lowest BCUT2D eigenvalue weighted by Crippen LogP contribution is -2.38. The number of hydrogen-bond acceptors (Lipinski definition) is 1. The summed E-state index contributed by atoms with van der Waals surface area (Å²) in [5.74, 6) is 0.931. The highest BCUT2D eigenvalue weighted by molar-refractivity contribution is 4.77. The third-order valence-corrected chi connectivity index (χ3v) is 3.34. The molecule has 0 aromatic carbocycles. The summed E-state index contributed by atoms with van der Waals surface area (Å²) in [6, 6.07) is 0.871. The van der Waals surface area contributed by atoms with Gasteiger partial charge in [-0.1, -0.05) is 39.5 Å². The predicted octanol–water partition coefficient (Wildman–Crippen LogP) is 3.34. The molecule has 0 aromatic rings. The molecule has 1 aliphatic carbocycles. The molecule has 1 rings (SSSR count). The monoisotopic (exact) mass is 183 g/mol. The van der Waals surface area contributed by atoms with Crippen LogP contribution >= 0.6 is 0 Å². The predicted molar refractivity (Wildman–Crippen MR) is 58.9 cm³/mol. The van der Waals surface area contributed by atoms with Crippen molar-refractivity contribution < 1.29 is 0 Å². The highest BCUT2D eigenvalue weighted by Crippen LogP contribution is 2.19. The van der Waals surface area contributed by atoms with Gasteiger partial charge in [-0.05, 0) is 31.7 Å². The van der Waals surface area contributed by atoms with Gasteiger partial charge in [-0.25, -0.2) is 0 Å². The van der Waals surface area contributed by atoms with Crippen molar-refractivity contribution >= 4 is 0 Å². The van der Waals surface area contributed by atoms with Gasteiger partial charge in [0, 0.05) is 6.04 Å². The van der Waals surface area contributed by atoms with Gasteiger partial charge in [-0.15, -0.1) is 0 Å². The maximum Gasteiger partial charge on any atom is 0.00671 e. The summed E-state index contributed by atoms with van der Waals surface area (Å²) in [7, 11) is 0. The van der Waals surface area contributed by atoms with Crippen LogP contribution in [-0.4, -0.2) is 12.6 Å². The SMILES string of the molecule is CCCCC(CC)CNC1CCC1. The molecule has 13 heavy (non-hydrogen) atoms. The van der Waals surface area contributed by atoms with Crippen molar-refractivity contribution in [3.8, 4) is 0 Å². The van der Waals surface area contributed by atoms with Crippen LogP contribution in [0, 0.1) is 5.92 Å². The zero-order valence-corrected chi connectivity index (χ0v) is 9.31. The summed E-state index contributed by atoms with van der Waals surface area (Å²) in [5, 5.41) is 3.68. The Morgan fingerprint density at radius 1 is 1.31 bits per heavy atom. The Morgan fingerprint density at radius 3 is 2.54 bits per heavy atom. The maximum atomic E-state index is 3.68. The molecular weight excluding hydrogens is 158 g/mol. The van der Waals surface area contributed by atoms with E-state index in [9.17, 15) is 0 Å². The summed E-state index contributed by atoms with van der Waals surface area (Å²) < 4.78 is 0. The fraction of sp³-hybridized carbons (Fsp3) is 1.00. The molecule has 1 atom stereocenters. The van der Waals surface area contributed by atoms with E-state index < -0.39 is 0 Å². The average Bonchev–Trinajstić information content (AvgIpc) is 2.08. The highest BCUT2D eigenvalue weighted by atomic mass is 14.9. The van der Waals surface area contributed by atoms with Crippen molar-refractivity contribution in [2.75, 3.05) is 6.54 Å². The number of rotatable bonds is 7. The first-order valence-electron chi connectivity index (χ1n) is 6.10. The third kappa shape index (κ3) is 4.12. The number of unbranched alkanes of at least 4 members (excludes halogenated alkanes) is 1. The van der Waals surface area contributed by atoms with Crippen LogP contribution in [0.2, 0.25) is 0 Å². The van der Waals surface area contributed by atoms with Crippen LogP contribution in [0.15, 0.2) is 0 Å². The van der Waals surface area contributed by atoms with Crippen molar-refractivity contribution in [3.63, 3.8) is 0 Å². The molecule has 0 saturated heterocycles. The minimum Gasteiger partial charge on any atom is -0.314 e. The first-order chi connectivity index (χ1) is 6.36. The zero-order chi connectivity index (χ0) is 9.52. The van der Waals surface area contributed by atoms with E-state index in [0.29, 0.717) is 0 Å². The Bertz CT molecular complexity index is 118. The van der Waals surface area contributed by atoms with Crippen LogP contribution in [0.1, 0.15) is 58.8 Å². The second kappa shape index (κ2) is 6.42. The zero-order valence-electron chi connectivity index (χ0n) is 9.31. The van der Waals surface area contributed by atoms with Gasteiger partial charge in [0.15, 0.2) is 0 Å². The lowest BCUT2D eigenvalue weighted by molar-refractivity contribution is 0.305. The lowest BCUT2D eigenvalue weighted by atomic mass is 9.91. The molecule has 0 aromatic heterocycles. The van der Waals surface area contributed by atoms with Crippen LogP contribution in [0.25, 0.3) is 0 Å². The molecule has 0 amide bonds. The molecule has 78 valence electrons. The first kappa shape index (κ1) is 11.0. The van der Waals surface area contributed by atoms with Gasteiger partial charge in [0.1, 0.15) is 0 Å². The van der Waals surface area contributed by atoms with E-state index in [1.54, 1.807) is 0 Å². The van der Waals surface area contributed by atoms with Crippen LogP contribution in [0.5, 0.6) is 0 Å². The topological polar surface area (TPSA) is 12.0 Å². The summed E-state index contributed by atoms with van der Waals surface area (Å²) in [4.78, 5) is 0. The summed E-state index contributed by atoms with van der Waals surface area (Å²) in [6.07, 6.45) is 9.81. The number of nitrogens with one attached hydrogen (secondary N) is 1. The van der Waals surface area contributed by atoms with Gasteiger partial charge in [-0.3, -0.25) is 0 Å². The van der Waals surface area contributed by atoms with Gasteiger partial charge in [0.05, 0.1) is 0 Å². The third-order valence-electron chi connectivity index (χ3n) is 3.34. The van der Waals surface area contributed by atoms with Crippen molar-refractivity contribution in [3.05, 3.63) is 0 Å². The van der Waals surface area contributed by atoms with Crippen LogP contribution in [-0.2, 0) is 0 Å². The van der Waals surface area contributed by atoms with Crippen LogP contribution in [0.3, 0.4) is 0 Å². The Balaban J connectivity index is 2.00. The molecule has 0 bridgehead atoms. The molecule has 0 aliphatic heterocycles. The van der Waals surface area contributed by atoms with E-state index in [-0.39, 0.29) is 0 Å². The van der Waals surface area contributed by atoms with Crippen molar-refractivity contribution in [2.24, 2.45) is 5.92 Å². The quantitative estimate of drug-likeness (QED) is 0.638. The van der Waals surface area contributed by atoms with Crippen molar-refractivity contribution in [1.29, 1.82) is 0 Å². The summed E-state index contributed by atoms with van der Waals surface area (Å²) in [5.41, 5.74) is 0. The molecule has 0 heterocycles. The minimum atomic E-state index is 0.871. The Labute approximate surface area is 83.3 Å². The molecule has 1 heteroatoms. The second-order valence-electron chi connectivity index (χ2n) is 4.45. The average molecular weight is 183 g/mol. The minimum absolute atomic E-state index is 0.871. The van der Waals surface area contributed by atoms with Gasteiger partial charge in [0.25, 0.3) is 0 Å². The molecule has 1 fully saturated rings. The standard InChI is InChI=1S/C12H25N/c1-3-5-7-11(4-2)10-13-12-8-6-9-12/h11-13H,3-10H2,1-2H3. The Hall–Kier alpha value is -0.0400. The molecule has 1 saturated carbocycles. The van der Waals surface area contributed by atoms with Crippen molar-refractivity contribution in [1.82, 2.24) is 5.32 Å². The van der Waals surface area contributed by atoms with E-state index in [4.69, 9.17) is 0 Å². The summed E-state index contributed by atoms with van der Waals surface area (Å²) in [6.45, 7) is 5.87. The molecule has 0 radical (unpaired) electrons. The Kier molecular flexibility index (Phi) is 5.45. The van der Waals surface area contributed by atoms with E-state index in [1.807, 2.05) is 0 Å². The molecule has 1 aliphatic rings. The fourth-order valence-corrected chi connectivity index (χ4v) is 1.89. The van der Waals surface area contributed by atoms with E-state index in [1.165, 1.54) is 51.5 Å². The first-order valence-corrected chi connectivity index (χ1v) is 6.10. The van der Waals surface area contributed by atoms with E-state index in [0.717, 1.165) is 12.0 Å². The van der Waals surface area contributed by atoms with Gasteiger partial charge in [-0.2, -0.15) is 0 Å². The highest BCUT2D eigenvalue weighted by Gasteiger charge is 2.17. The molecule has 1 nitrogen and oxygen atoms in total. The lowest BCUT2D eigenvalue weighted by Gasteiger charge is -2.28. The van der Waals surface area contributed by atoms with Crippen LogP contribution < -0.4 is 5.32 Å². The second-order valence-corrected chi connectivity index (χ2v) is 4.45. The summed E-state index contributed by atoms with van der Waals surface area (Å²) >= 11 is 0. The smallest absolute Gasteiger partial charge is 0.00671 e. The molecule has 1 N–H and O–H groups in total. The van der Waals surface area contributed by atoms with Gasteiger partial charge in [0.2, 0.25) is 0 Å². The van der Waals surface area contributed by atoms with E-state index >= 15 is 0 Å². The largest absolute Gasteiger partial charge is 0.314 e.